The highest BCUT2D eigenvalue weighted by molar-refractivity contribution is 7.91. The van der Waals surface area contributed by atoms with Crippen molar-refractivity contribution in [2.75, 3.05) is 6.54 Å². The molecule has 0 fully saturated rings. The van der Waals surface area contributed by atoms with Gasteiger partial charge in [0.15, 0.2) is 0 Å². The molecule has 0 aliphatic heterocycles. The first kappa shape index (κ1) is 23.6. The van der Waals surface area contributed by atoms with Gasteiger partial charge in [0.1, 0.15) is 4.21 Å². The van der Waals surface area contributed by atoms with Crippen LogP contribution in [0.4, 0.5) is 0 Å². The zero-order valence-corrected chi connectivity index (χ0v) is 19.7. The van der Waals surface area contributed by atoms with Crippen molar-refractivity contribution in [3.63, 3.8) is 0 Å². The smallest absolute Gasteiger partial charge is 0.250 e. The Bertz CT molecular complexity index is 924. The highest BCUT2D eigenvalue weighted by Crippen LogP contribution is 2.29. The van der Waals surface area contributed by atoms with Crippen LogP contribution in [0.25, 0.3) is 0 Å². The number of hydrogen-bond acceptors (Lipinski definition) is 4. The van der Waals surface area contributed by atoms with E-state index in [0.29, 0.717) is 17.2 Å². The van der Waals surface area contributed by atoms with Gasteiger partial charge in [-0.1, -0.05) is 58.9 Å². The van der Waals surface area contributed by atoms with Crippen LogP contribution in [-0.2, 0) is 26.7 Å². The molecule has 1 aromatic carbocycles. The molecule has 0 saturated carbocycles. The Morgan fingerprint density at radius 1 is 1.07 bits per heavy atom. The van der Waals surface area contributed by atoms with E-state index in [9.17, 15) is 13.2 Å². The predicted molar refractivity (Wildman–Crippen MR) is 120 cm³/mol. The molecule has 1 amide bonds. The first-order valence-corrected chi connectivity index (χ1v) is 12.2. The second-order valence-electron chi connectivity index (χ2n) is 8.67. The number of hydrogen-bond donors (Lipinski definition) is 2. The van der Waals surface area contributed by atoms with E-state index in [4.69, 9.17) is 0 Å². The van der Waals surface area contributed by atoms with Crippen molar-refractivity contribution in [3.05, 3.63) is 52.4 Å². The summed E-state index contributed by atoms with van der Waals surface area (Å²) in [5.41, 5.74) is 2.23. The lowest BCUT2D eigenvalue weighted by Gasteiger charge is -2.24. The zero-order valence-electron chi connectivity index (χ0n) is 18.1. The summed E-state index contributed by atoms with van der Waals surface area (Å²) < 4.78 is 29.1. The summed E-state index contributed by atoms with van der Waals surface area (Å²) in [5.74, 6) is 0.0118. The second kappa shape index (κ2) is 9.41. The molecule has 2 N–H and O–H groups in total. The third kappa shape index (κ3) is 6.66. The van der Waals surface area contributed by atoms with Crippen LogP contribution in [0.2, 0.25) is 0 Å². The second-order valence-corrected chi connectivity index (χ2v) is 11.8. The van der Waals surface area contributed by atoms with Crippen molar-refractivity contribution in [3.8, 4) is 0 Å². The van der Waals surface area contributed by atoms with Crippen molar-refractivity contribution in [2.24, 2.45) is 5.92 Å². The lowest BCUT2D eigenvalue weighted by Crippen LogP contribution is -2.31. The molecule has 1 unspecified atom stereocenters. The predicted octanol–water partition coefficient (Wildman–Crippen LogP) is 4.40. The fourth-order valence-corrected chi connectivity index (χ4v) is 5.75. The van der Waals surface area contributed by atoms with Crippen LogP contribution in [-0.4, -0.2) is 20.9 Å². The third-order valence-corrected chi connectivity index (χ3v) is 7.81. The molecule has 2 aromatic rings. The number of benzene rings is 1. The summed E-state index contributed by atoms with van der Waals surface area (Å²) >= 11 is 1.24. The van der Waals surface area contributed by atoms with Gasteiger partial charge in [-0.15, -0.1) is 11.3 Å². The molecule has 1 atom stereocenters. The summed E-state index contributed by atoms with van der Waals surface area (Å²) in [7, 11) is -3.63. The maximum Gasteiger partial charge on any atom is 0.250 e. The third-order valence-electron chi connectivity index (χ3n) is 4.73. The van der Waals surface area contributed by atoms with Gasteiger partial charge in [-0.25, -0.2) is 13.1 Å². The van der Waals surface area contributed by atoms with E-state index in [1.807, 2.05) is 32.0 Å². The largest absolute Gasteiger partial charge is 0.356 e. The average Bonchev–Trinajstić information content (AvgIpc) is 3.08. The molecule has 7 heteroatoms. The Morgan fingerprint density at radius 3 is 2.21 bits per heavy atom. The molecule has 160 valence electrons. The molecule has 0 aliphatic carbocycles. The average molecular weight is 437 g/mol. The molecule has 1 aromatic heterocycles. The Hall–Kier alpha value is -1.70. The molecule has 0 spiro atoms. The van der Waals surface area contributed by atoms with E-state index in [1.165, 1.54) is 23.8 Å². The highest BCUT2D eigenvalue weighted by atomic mass is 32.2. The Kier molecular flexibility index (Phi) is 7.65. The van der Waals surface area contributed by atoms with E-state index in [-0.39, 0.29) is 23.3 Å². The van der Waals surface area contributed by atoms with Gasteiger partial charge in [0.25, 0.3) is 10.0 Å². The van der Waals surface area contributed by atoms with E-state index in [2.05, 4.69) is 42.9 Å². The molecule has 0 aliphatic rings. The topological polar surface area (TPSA) is 75.3 Å². The van der Waals surface area contributed by atoms with Crippen LogP contribution < -0.4 is 10.0 Å². The van der Waals surface area contributed by atoms with E-state index >= 15 is 0 Å². The lowest BCUT2D eigenvalue weighted by atomic mass is 9.85. The van der Waals surface area contributed by atoms with Crippen LogP contribution in [0.3, 0.4) is 0 Å². The summed E-state index contributed by atoms with van der Waals surface area (Å²) in [6.07, 6.45) is 0.613. The van der Waals surface area contributed by atoms with Gasteiger partial charge in [-0.3, -0.25) is 4.79 Å². The monoisotopic (exact) mass is 436 g/mol. The number of thiophene rings is 1. The standard InChI is InChI=1S/C22H32N2O3S2/c1-15(2)21(17-7-9-18(10-8-17)22(4,5)6)24-29(26,27)20-12-11-19(28-20)13-14-23-16(3)25/h7-12,15,21,24H,13-14H2,1-6H3,(H,23,25). The van der Waals surface area contributed by atoms with Crippen LogP contribution in [0.15, 0.2) is 40.6 Å². The van der Waals surface area contributed by atoms with Gasteiger partial charge >= 0.3 is 0 Å². The van der Waals surface area contributed by atoms with Gasteiger partial charge in [-0.2, -0.15) is 0 Å². The van der Waals surface area contributed by atoms with E-state index in [0.717, 1.165) is 10.4 Å². The molecular formula is C22H32N2O3S2. The van der Waals surface area contributed by atoms with Crippen LogP contribution >= 0.6 is 11.3 Å². The molecule has 29 heavy (non-hydrogen) atoms. The first-order valence-electron chi connectivity index (χ1n) is 9.86. The molecule has 5 nitrogen and oxygen atoms in total. The number of amides is 1. The Morgan fingerprint density at radius 2 is 1.69 bits per heavy atom. The quantitative estimate of drug-likeness (QED) is 0.644. The Balaban J connectivity index is 2.17. The molecule has 1 heterocycles. The minimum atomic E-state index is -3.63. The zero-order chi connectivity index (χ0) is 21.8. The molecule has 0 radical (unpaired) electrons. The SMILES string of the molecule is CC(=O)NCCc1ccc(S(=O)(=O)NC(c2ccc(C(C)(C)C)cc2)C(C)C)s1. The van der Waals surface area contributed by atoms with E-state index in [1.54, 1.807) is 6.07 Å². The summed E-state index contributed by atoms with van der Waals surface area (Å²) in [4.78, 5) is 11.9. The maximum atomic E-state index is 13.0. The van der Waals surface area contributed by atoms with Gasteiger partial charge < -0.3 is 5.32 Å². The van der Waals surface area contributed by atoms with Crippen LogP contribution in [0.1, 0.15) is 63.6 Å². The number of nitrogens with one attached hydrogen (secondary N) is 2. The minimum absolute atomic E-state index is 0.0516. The molecular weight excluding hydrogens is 404 g/mol. The highest BCUT2D eigenvalue weighted by Gasteiger charge is 2.25. The van der Waals surface area contributed by atoms with E-state index < -0.39 is 10.0 Å². The van der Waals surface area contributed by atoms with Gasteiger partial charge in [0.05, 0.1) is 0 Å². The fraction of sp³-hybridized carbons (Fsp3) is 0.500. The number of carbonyl (C=O) groups is 1. The van der Waals surface area contributed by atoms with Crippen molar-refractivity contribution in [1.82, 2.24) is 10.0 Å². The van der Waals surface area contributed by atoms with Gasteiger partial charge in [0.2, 0.25) is 5.91 Å². The van der Waals surface area contributed by atoms with Crippen LogP contribution in [0.5, 0.6) is 0 Å². The molecule has 0 bridgehead atoms. The lowest BCUT2D eigenvalue weighted by molar-refractivity contribution is -0.118. The van der Waals surface area contributed by atoms with Crippen LogP contribution in [0, 0.1) is 5.92 Å². The molecule has 2 rings (SSSR count). The minimum Gasteiger partial charge on any atom is -0.356 e. The fourth-order valence-electron chi connectivity index (χ4n) is 3.00. The first-order chi connectivity index (χ1) is 13.4. The van der Waals surface area contributed by atoms with Gasteiger partial charge in [-0.05, 0) is 41.0 Å². The summed E-state index contributed by atoms with van der Waals surface area (Å²) in [5, 5.41) is 2.73. The van der Waals surface area contributed by atoms with Crippen molar-refractivity contribution in [2.45, 2.75) is 63.6 Å². The normalized spacial score (nSPS) is 13.5. The van der Waals surface area contributed by atoms with Crippen molar-refractivity contribution in [1.29, 1.82) is 0 Å². The van der Waals surface area contributed by atoms with Gasteiger partial charge in [0, 0.05) is 24.4 Å². The summed E-state index contributed by atoms with van der Waals surface area (Å²) in [6.45, 7) is 12.5. The van der Waals surface area contributed by atoms with Crippen molar-refractivity contribution >= 4 is 27.3 Å². The number of rotatable bonds is 8. The number of sulfonamides is 1. The summed E-state index contributed by atoms with van der Waals surface area (Å²) in [6, 6.07) is 11.3. The maximum absolute atomic E-state index is 13.0. The molecule has 0 saturated heterocycles. The number of carbonyl (C=O) groups excluding carboxylic acids is 1. The Labute approximate surface area is 179 Å². The van der Waals surface area contributed by atoms with Crippen molar-refractivity contribution < 1.29 is 13.2 Å².